The van der Waals surface area contributed by atoms with Crippen molar-refractivity contribution in [2.24, 2.45) is 11.3 Å². The molecule has 4 nitrogen and oxygen atoms in total. The smallest absolute Gasteiger partial charge is 0.308 e. The fraction of sp³-hybridized carbons (Fsp3) is 0.846. The van der Waals surface area contributed by atoms with E-state index >= 15 is 0 Å². The summed E-state index contributed by atoms with van der Waals surface area (Å²) < 4.78 is 4.76. The minimum atomic E-state index is -0.251. The van der Waals surface area contributed by atoms with Crippen LogP contribution in [0.25, 0.3) is 0 Å². The molecule has 0 atom stereocenters. The maximum atomic E-state index is 11.4. The van der Waals surface area contributed by atoms with E-state index in [-0.39, 0.29) is 17.3 Å². The zero-order chi connectivity index (χ0) is 12.9. The van der Waals surface area contributed by atoms with Crippen molar-refractivity contribution in [2.75, 3.05) is 26.7 Å². The number of esters is 1. The minimum absolute atomic E-state index is 0.0697. The molecule has 17 heavy (non-hydrogen) atoms. The predicted molar refractivity (Wildman–Crippen MR) is 65.2 cm³/mol. The van der Waals surface area contributed by atoms with Crippen molar-refractivity contribution in [2.45, 2.75) is 33.1 Å². The summed E-state index contributed by atoms with van der Waals surface area (Å²) in [5.41, 5.74) is -0.251. The summed E-state index contributed by atoms with van der Waals surface area (Å²) in [6, 6.07) is 2.32. The first-order valence-corrected chi connectivity index (χ1v) is 6.20. The Kier molecular flexibility index (Phi) is 4.95. The SMILES string of the molecule is COC(=O)C1CCN(CCC(C)(C)C#N)CC1. The van der Waals surface area contributed by atoms with Crippen LogP contribution in [0.4, 0.5) is 0 Å². The fourth-order valence-corrected chi connectivity index (χ4v) is 2.05. The fourth-order valence-electron chi connectivity index (χ4n) is 2.05. The third-order valence-electron chi connectivity index (χ3n) is 3.48. The molecule has 1 aliphatic rings. The Morgan fingerprint density at radius 3 is 2.53 bits per heavy atom. The van der Waals surface area contributed by atoms with Gasteiger partial charge >= 0.3 is 5.97 Å². The normalized spacial score (nSPS) is 18.7. The lowest BCUT2D eigenvalue weighted by molar-refractivity contribution is -0.147. The van der Waals surface area contributed by atoms with Crippen molar-refractivity contribution < 1.29 is 9.53 Å². The first-order valence-electron chi connectivity index (χ1n) is 6.20. The number of nitriles is 1. The minimum Gasteiger partial charge on any atom is -0.469 e. The van der Waals surface area contributed by atoms with Gasteiger partial charge in [0, 0.05) is 0 Å². The molecule has 0 aromatic heterocycles. The Morgan fingerprint density at radius 1 is 1.47 bits per heavy atom. The van der Waals surface area contributed by atoms with E-state index < -0.39 is 0 Å². The van der Waals surface area contributed by atoms with Gasteiger partial charge in [-0.05, 0) is 52.7 Å². The highest BCUT2D eigenvalue weighted by atomic mass is 16.5. The maximum Gasteiger partial charge on any atom is 0.308 e. The van der Waals surface area contributed by atoms with Gasteiger partial charge in [-0.3, -0.25) is 4.79 Å². The lowest BCUT2D eigenvalue weighted by Crippen LogP contribution is -2.38. The van der Waals surface area contributed by atoms with Crippen molar-refractivity contribution in [1.82, 2.24) is 4.90 Å². The molecule has 0 bridgehead atoms. The van der Waals surface area contributed by atoms with Gasteiger partial charge in [0.25, 0.3) is 0 Å². The van der Waals surface area contributed by atoms with Gasteiger partial charge in [-0.1, -0.05) is 0 Å². The third-order valence-corrected chi connectivity index (χ3v) is 3.48. The molecule has 0 saturated carbocycles. The van der Waals surface area contributed by atoms with Crippen LogP contribution in [0.3, 0.4) is 0 Å². The number of hydrogen-bond acceptors (Lipinski definition) is 4. The summed E-state index contributed by atoms with van der Waals surface area (Å²) in [6.45, 7) is 6.74. The van der Waals surface area contributed by atoms with Crippen LogP contribution < -0.4 is 0 Å². The van der Waals surface area contributed by atoms with Crippen molar-refractivity contribution >= 4 is 5.97 Å². The second-order valence-corrected chi connectivity index (χ2v) is 5.38. The summed E-state index contributed by atoms with van der Waals surface area (Å²) in [5.74, 6) is -0.0118. The Bertz CT molecular complexity index is 299. The molecule has 1 rings (SSSR count). The average Bonchev–Trinajstić information content (AvgIpc) is 2.36. The van der Waals surface area contributed by atoms with Crippen molar-refractivity contribution in [3.05, 3.63) is 0 Å². The van der Waals surface area contributed by atoms with E-state index in [2.05, 4.69) is 11.0 Å². The molecule has 0 aromatic rings. The number of piperidine rings is 1. The first-order chi connectivity index (χ1) is 7.98. The lowest BCUT2D eigenvalue weighted by Gasteiger charge is -2.31. The molecule has 1 heterocycles. The maximum absolute atomic E-state index is 11.4. The molecule has 0 N–H and O–H groups in total. The second kappa shape index (κ2) is 6.02. The summed E-state index contributed by atoms with van der Waals surface area (Å²) in [7, 11) is 1.45. The van der Waals surface area contributed by atoms with Crippen molar-refractivity contribution in [3.8, 4) is 6.07 Å². The van der Waals surface area contributed by atoms with Crippen LogP contribution >= 0.6 is 0 Å². The molecule has 4 heteroatoms. The Morgan fingerprint density at radius 2 is 2.06 bits per heavy atom. The monoisotopic (exact) mass is 238 g/mol. The molecule has 96 valence electrons. The van der Waals surface area contributed by atoms with Gasteiger partial charge in [-0.15, -0.1) is 0 Å². The number of hydrogen-bond donors (Lipinski definition) is 0. The topological polar surface area (TPSA) is 53.3 Å². The van der Waals surface area contributed by atoms with Gasteiger partial charge in [-0.2, -0.15) is 5.26 Å². The zero-order valence-corrected chi connectivity index (χ0v) is 11.0. The predicted octanol–water partition coefficient (Wildman–Crippen LogP) is 1.81. The molecule has 1 fully saturated rings. The highest BCUT2D eigenvalue weighted by Gasteiger charge is 2.26. The molecular weight excluding hydrogens is 216 g/mol. The second-order valence-electron chi connectivity index (χ2n) is 5.38. The van der Waals surface area contributed by atoms with Crippen LogP contribution in [0.15, 0.2) is 0 Å². The van der Waals surface area contributed by atoms with Crippen LogP contribution in [-0.4, -0.2) is 37.6 Å². The van der Waals surface area contributed by atoms with E-state index in [9.17, 15) is 4.79 Å². The van der Waals surface area contributed by atoms with E-state index in [1.54, 1.807) is 0 Å². The number of carbonyl (C=O) groups is 1. The molecular formula is C13H22N2O2. The van der Waals surface area contributed by atoms with E-state index in [0.29, 0.717) is 0 Å². The lowest BCUT2D eigenvalue weighted by atomic mass is 9.90. The largest absolute Gasteiger partial charge is 0.469 e. The van der Waals surface area contributed by atoms with Gasteiger partial charge in [-0.25, -0.2) is 0 Å². The number of methoxy groups -OCH3 is 1. The molecule has 0 unspecified atom stereocenters. The van der Waals surface area contributed by atoms with Crippen LogP contribution in [0.2, 0.25) is 0 Å². The highest BCUT2D eigenvalue weighted by Crippen LogP contribution is 2.22. The number of rotatable bonds is 4. The summed E-state index contributed by atoms with van der Waals surface area (Å²) in [5, 5.41) is 8.94. The zero-order valence-electron chi connectivity index (χ0n) is 11.0. The summed E-state index contributed by atoms with van der Waals surface area (Å²) in [4.78, 5) is 13.7. The van der Waals surface area contributed by atoms with Gasteiger partial charge in [0.05, 0.1) is 24.5 Å². The quantitative estimate of drug-likeness (QED) is 0.701. The number of ether oxygens (including phenoxy) is 1. The molecule has 0 spiro atoms. The van der Waals surface area contributed by atoms with Crippen LogP contribution in [0.5, 0.6) is 0 Å². The first kappa shape index (κ1) is 14.0. The molecule has 0 aromatic carbocycles. The van der Waals surface area contributed by atoms with Gasteiger partial charge < -0.3 is 9.64 Å². The molecule has 1 aliphatic heterocycles. The van der Waals surface area contributed by atoms with Gasteiger partial charge in [0.15, 0.2) is 0 Å². The molecule has 0 aliphatic carbocycles. The van der Waals surface area contributed by atoms with E-state index in [1.165, 1.54) is 7.11 Å². The van der Waals surface area contributed by atoms with Gasteiger partial charge in [0.1, 0.15) is 0 Å². The number of likely N-dealkylation sites (tertiary alicyclic amines) is 1. The molecule has 0 radical (unpaired) electrons. The highest BCUT2D eigenvalue weighted by molar-refractivity contribution is 5.72. The summed E-state index contributed by atoms with van der Waals surface area (Å²) >= 11 is 0. The van der Waals surface area contributed by atoms with Gasteiger partial charge in [0.2, 0.25) is 0 Å². The van der Waals surface area contributed by atoms with Crippen LogP contribution in [-0.2, 0) is 9.53 Å². The van der Waals surface area contributed by atoms with Crippen molar-refractivity contribution in [1.29, 1.82) is 5.26 Å². The van der Waals surface area contributed by atoms with Crippen LogP contribution in [0.1, 0.15) is 33.1 Å². The third kappa shape index (κ3) is 4.35. The number of nitrogens with zero attached hydrogens (tertiary/aromatic N) is 2. The molecule has 1 saturated heterocycles. The van der Waals surface area contributed by atoms with E-state index in [4.69, 9.17) is 10.00 Å². The van der Waals surface area contributed by atoms with E-state index in [0.717, 1.165) is 38.9 Å². The number of carbonyl (C=O) groups excluding carboxylic acids is 1. The summed E-state index contributed by atoms with van der Waals surface area (Å²) in [6.07, 6.45) is 2.63. The average molecular weight is 238 g/mol. The Labute approximate surface area is 104 Å². The Hall–Kier alpha value is -1.08. The van der Waals surface area contributed by atoms with Crippen molar-refractivity contribution in [3.63, 3.8) is 0 Å². The molecule has 0 amide bonds. The van der Waals surface area contributed by atoms with E-state index in [1.807, 2.05) is 13.8 Å². The standard InChI is InChI=1S/C13H22N2O2/c1-13(2,10-14)6-9-15-7-4-11(5-8-15)12(16)17-3/h11H,4-9H2,1-3H3. The van der Waals surface area contributed by atoms with Crippen LogP contribution in [0, 0.1) is 22.7 Å². The Balaban J connectivity index is 2.29.